The van der Waals surface area contributed by atoms with Gasteiger partial charge in [-0.3, -0.25) is 4.72 Å². The number of hydrogen-bond donors (Lipinski definition) is 2. The van der Waals surface area contributed by atoms with Gasteiger partial charge in [0.05, 0.1) is 21.4 Å². The second-order valence-electron chi connectivity index (χ2n) is 4.46. The van der Waals surface area contributed by atoms with E-state index in [4.69, 9.17) is 16.7 Å². The van der Waals surface area contributed by atoms with Gasteiger partial charge in [0, 0.05) is 0 Å². The van der Waals surface area contributed by atoms with E-state index in [1.165, 1.54) is 12.1 Å². The SMILES string of the molecule is CC(C)CS(=O)(=O)Nc1ccc(S(N)(=O)=O)cc1Cl. The van der Waals surface area contributed by atoms with Crippen molar-refractivity contribution in [2.75, 3.05) is 10.5 Å². The maximum atomic E-state index is 11.7. The van der Waals surface area contributed by atoms with Gasteiger partial charge in [0.15, 0.2) is 0 Å². The van der Waals surface area contributed by atoms with E-state index < -0.39 is 20.0 Å². The minimum atomic E-state index is -3.87. The van der Waals surface area contributed by atoms with Crippen LogP contribution in [-0.2, 0) is 20.0 Å². The highest BCUT2D eigenvalue weighted by atomic mass is 35.5. The van der Waals surface area contributed by atoms with E-state index >= 15 is 0 Å². The summed E-state index contributed by atoms with van der Waals surface area (Å²) >= 11 is 5.83. The van der Waals surface area contributed by atoms with E-state index in [-0.39, 0.29) is 27.3 Å². The summed E-state index contributed by atoms with van der Waals surface area (Å²) in [7, 11) is -7.39. The number of nitrogens with one attached hydrogen (secondary N) is 1. The van der Waals surface area contributed by atoms with Gasteiger partial charge >= 0.3 is 0 Å². The molecule has 0 heterocycles. The fourth-order valence-corrected chi connectivity index (χ4v) is 3.77. The summed E-state index contributed by atoms with van der Waals surface area (Å²) in [6, 6.07) is 3.55. The zero-order valence-electron chi connectivity index (χ0n) is 10.4. The molecular weight excluding hydrogens is 312 g/mol. The van der Waals surface area contributed by atoms with Crippen LogP contribution in [0.4, 0.5) is 5.69 Å². The summed E-state index contributed by atoms with van der Waals surface area (Å²) in [6.07, 6.45) is 0. The van der Waals surface area contributed by atoms with Gasteiger partial charge < -0.3 is 0 Å². The Balaban J connectivity index is 3.06. The molecule has 9 heteroatoms. The molecule has 0 unspecified atom stereocenters. The average molecular weight is 327 g/mol. The minimum absolute atomic E-state index is 0.0288. The molecule has 0 saturated heterocycles. The Hall–Kier alpha value is -0.830. The van der Waals surface area contributed by atoms with Crippen LogP contribution in [0.3, 0.4) is 0 Å². The molecule has 0 aliphatic carbocycles. The highest BCUT2D eigenvalue weighted by molar-refractivity contribution is 7.92. The number of primary sulfonamides is 1. The Kier molecular flexibility index (Phi) is 4.83. The topological polar surface area (TPSA) is 106 Å². The standard InChI is InChI=1S/C10H15ClN2O4S2/c1-7(2)6-18(14,15)13-10-4-3-8(5-9(10)11)19(12,16)17/h3-5,7,13H,6H2,1-2H3,(H2,12,16,17). The van der Waals surface area contributed by atoms with E-state index in [0.717, 1.165) is 6.07 Å². The molecule has 0 radical (unpaired) electrons. The molecule has 0 fully saturated rings. The number of benzene rings is 1. The molecule has 1 aromatic rings. The summed E-state index contributed by atoms with van der Waals surface area (Å²) in [5.74, 6) is -0.0970. The Morgan fingerprint density at radius 1 is 1.26 bits per heavy atom. The third-order valence-electron chi connectivity index (χ3n) is 2.09. The first-order chi connectivity index (χ1) is 8.51. The molecule has 0 aliphatic rings. The summed E-state index contributed by atoms with van der Waals surface area (Å²) in [4.78, 5) is -0.177. The van der Waals surface area contributed by atoms with Crippen LogP contribution in [0.15, 0.2) is 23.1 Å². The van der Waals surface area contributed by atoms with Gasteiger partial charge in [0.1, 0.15) is 0 Å². The van der Waals surface area contributed by atoms with Crippen molar-refractivity contribution in [3.63, 3.8) is 0 Å². The maximum Gasteiger partial charge on any atom is 0.238 e. The van der Waals surface area contributed by atoms with E-state index in [2.05, 4.69) is 4.72 Å². The lowest BCUT2D eigenvalue weighted by molar-refractivity contribution is 0.587. The van der Waals surface area contributed by atoms with Crippen LogP contribution in [0.1, 0.15) is 13.8 Å². The lowest BCUT2D eigenvalue weighted by Crippen LogP contribution is -2.20. The minimum Gasteiger partial charge on any atom is -0.282 e. The molecule has 0 atom stereocenters. The van der Waals surface area contributed by atoms with E-state index in [9.17, 15) is 16.8 Å². The number of sulfonamides is 2. The predicted molar refractivity (Wildman–Crippen MR) is 75.1 cm³/mol. The van der Waals surface area contributed by atoms with Crippen molar-refractivity contribution in [1.29, 1.82) is 0 Å². The lowest BCUT2D eigenvalue weighted by atomic mass is 10.3. The Labute approximate surface area is 118 Å². The van der Waals surface area contributed by atoms with Gasteiger partial charge in [-0.15, -0.1) is 0 Å². The quantitative estimate of drug-likeness (QED) is 0.852. The molecule has 0 spiro atoms. The van der Waals surface area contributed by atoms with Crippen LogP contribution < -0.4 is 9.86 Å². The van der Waals surface area contributed by atoms with Gasteiger partial charge in [-0.2, -0.15) is 0 Å². The van der Waals surface area contributed by atoms with E-state index in [1.54, 1.807) is 13.8 Å². The summed E-state index contributed by atoms with van der Waals surface area (Å²) < 4.78 is 48.0. The van der Waals surface area contributed by atoms with Crippen LogP contribution in [0.2, 0.25) is 5.02 Å². The molecular formula is C10H15ClN2O4S2. The number of halogens is 1. The molecule has 0 aliphatic heterocycles. The average Bonchev–Trinajstić information content (AvgIpc) is 2.16. The third-order valence-corrected chi connectivity index (χ3v) is 4.95. The summed E-state index contributed by atoms with van der Waals surface area (Å²) in [5.41, 5.74) is 0.120. The van der Waals surface area contributed by atoms with Crippen molar-refractivity contribution in [3.05, 3.63) is 23.2 Å². The fraction of sp³-hybridized carbons (Fsp3) is 0.400. The molecule has 1 rings (SSSR count). The van der Waals surface area contributed by atoms with Crippen molar-refractivity contribution >= 4 is 37.3 Å². The van der Waals surface area contributed by atoms with Crippen LogP contribution in [0.5, 0.6) is 0 Å². The fourth-order valence-electron chi connectivity index (χ4n) is 1.40. The van der Waals surface area contributed by atoms with Crippen molar-refractivity contribution in [3.8, 4) is 0 Å². The van der Waals surface area contributed by atoms with Crippen molar-refractivity contribution < 1.29 is 16.8 Å². The van der Waals surface area contributed by atoms with Crippen LogP contribution >= 0.6 is 11.6 Å². The normalized spacial score (nSPS) is 12.7. The molecule has 1 aromatic carbocycles. The first-order valence-electron chi connectivity index (χ1n) is 5.34. The highest BCUT2D eigenvalue weighted by Gasteiger charge is 2.16. The van der Waals surface area contributed by atoms with Gasteiger partial charge in [-0.25, -0.2) is 22.0 Å². The van der Waals surface area contributed by atoms with Crippen molar-refractivity contribution in [1.82, 2.24) is 0 Å². The second kappa shape index (κ2) is 5.66. The Morgan fingerprint density at radius 3 is 2.26 bits per heavy atom. The first kappa shape index (κ1) is 16.2. The molecule has 19 heavy (non-hydrogen) atoms. The van der Waals surface area contributed by atoms with E-state index in [1.807, 2.05) is 0 Å². The predicted octanol–water partition coefficient (Wildman–Crippen LogP) is 1.39. The number of rotatable bonds is 5. The third kappa shape index (κ3) is 4.98. The monoisotopic (exact) mass is 326 g/mol. The van der Waals surface area contributed by atoms with Gasteiger partial charge in [-0.05, 0) is 24.1 Å². The first-order valence-corrected chi connectivity index (χ1v) is 8.92. The van der Waals surface area contributed by atoms with Crippen LogP contribution in [-0.4, -0.2) is 22.6 Å². The lowest BCUT2D eigenvalue weighted by Gasteiger charge is -2.11. The molecule has 0 aromatic heterocycles. The summed E-state index contributed by atoms with van der Waals surface area (Å²) in [5, 5.41) is 4.91. The number of nitrogens with two attached hydrogens (primary N) is 1. The smallest absolute Gasteiger partial charge is 0.238 e. The number of hydrogen-bond acceptors (Lipinski definition) is 4. The Bertz CT molecular complexity index is 669. The molecule has 0 amide bonds. The molecule has 6 nitrogen and oxygen atoms in total. The molecule has 0 saturated carbocycles. The molecule has 0 bridgehead atoms. The molecule has 108 valence electrons. The maximum absolute atomic E-state index is 11.7. The zero-order chi connectivity index (χ0) is 14.8. The van der Waals surface area contributed by atoms with Gasteiger partial charge in [-0.1, -0.05) is 25.4 Å². The van der Waals surface area contributed by atoms with Crippen LogP contribution in [0.25, 0.3) is 0 Å². The zero-order valence-corrected chi connectivity index (χ0v) is 12.8. The second-order valence-corrected chi connectivity index (χ2v) is 8.20. The van der Waals surface area contributed by atoms with Crippen molar-refractivity contribution in [2.24, 2.45) is 11.1 Å². The largest absolute Gasteiger partial charge is 0.282 e. The van der Waals surface area contributed by atoms with E-state index in [0.29, 0.717) is 0 Å². The van der Waals surface area contributed by atoms with Crippen molar-refractivity contribution in [2.45, 2.75) is 18.7 Å². The van der Waals surface area contributed by atoms with Crippen LogP contribution in [0, 0.1) is 5.92 Å². The Morgan fingerprint density at radius 2 is 1.84 bits per heavy atom. The molecule has 3 N–H and O–H groups in total. The number of anilines is 1. The van der Waals surface area contributed by atoms with Gasteiger partial charge in [0.2, 0.25) is 20.0 Å². The van der Waals surface area contributed by atoms with Gasteiger partial charge in [0.25, 0.3) is 0 Å². The highest BCUT2D eigenvalue weighted by Crippen LogP contribution is 2.25. The summed E-state index contributed by atoms with van der Waals surface area (Å²) in [6.45, 7) is 3.54.